The van der Waals surface area contributed by atoms with Crippen molar-refractivity contribution in [2.24, 2.45) is 0 Å². The Morgan fingerprint density at radius 3 is 2.60 bits per heavy atom. The van der Waals surface area contributed by atoms with Crippen molar-refractivity contribution in [3.05, 3.63) is 27.4 Å². The smallest absolute Gasteiger partial charge is 0.254 e. The Morgan fingerprint density at radius 2 is 2.13 bits per heavy atom. The van der Waals surface area contributed by atoms with Crippen LogP contribution in [0.2, 0.25) is 0 Å². The van der Waals surface area contributed by atoms with Crippen molar-refractivity contribution in [2.45, 2.75) is 45.1 Å². The number of aromatic nitrogens is 2. The van der Waals surface area contributed by atoms with Gasteiger partial charge in [-0.15, -0.1) is 0 Å². The van der Waals surface area contributed by atoms with Gasteiger partial charge in [-0.1, -0.05) is 20.8 Å². The molecule has 0 spiro atoms. The minimum absolute atomic E-state index is 0.0179. The first-order chi connectivity index (χ1) is 7.04. The lowest BCUT2D eigenvalue weighted by Crippen LogP contribution is -2.18. The van der Waals surface area contributed by atoms with Crippen LogP contribution in [-0.4, -0.2) is 15.2 Å². The fraction of sp³-hybridized carbons (Fsp3) is 0.636. The molecule has 3 nitrogen and oxygen atoms in total. The molecule has 0 radical (unpaired) electrons. The molecule has 84 valence electrons. The highest BCUT2D eigenvalue weighted by Crippen LogP contribution is 2.14. The molecule has 4 heteroatoms. The van der Waals surface area contributed by atoms with Crippen molar-refractivity contribution in [3.8, 4) is 0 Å². The van der Waals surface area contributed by atoms with E-state index in [2.05, 4.69) is 23.8 Å². The van der Waals surface area contributed by atoms with Gasteiger partial charge in [-0.3, -0.25) is 4.79 Å². The number of H-pyrrole nitrogens is 1. The number of nitrogens with zero attached hydrogens (tertiary/aromatic N) is 1. The molecule has 0 fully saturated rings. The van der Waals surface area contributed by atoms with Crippen LogP contribution in [0.5, 0.6) is 0 Å². The number of hydrogen-bond acceptors (Lipinski definition) is 3. The van der Waals surface area contributed by atoms with Gasteiger partial charge >= 0.3 is 0 Å². The van der Waals surface area contributed by atoms with E-state index < -0.39 is 0 Å². The predicted molar refractivity (Wildman–Crippen MR) is 65.4 cm³/mol. The molecule has 1 aromatic heterocycles. The van der Waals surface area contributed by atoms with Crippen molar-refractivity contribution in [2.75, 3.05) is 0 Å². The minimum atomic E-state index is 0.0179. The molecule has 1 aromatic rings. The van der Waals surface area contributed by atoms with Gasteiger partial charge in [0.05, 0.1) is 5.75 Å². The fourth-order valence-electron chi connectivity index (χ4n) is 1.40. The summed E-state index contributed by atoms with van der Waals surface area (Å²) >= 11 is 1.78. The highest BCUT2D eigenvalue weighted by Gasteiger charge is 2.06. The fourth-order valence-corrected chi connectivity index (χ4v) is 2.03. The van der Waals surface area contributed by atoms with Crippen LogP contribution in [0.15, 0.2) is 4.79 Å². The van der Waals surface area contributed by atoms with E-state index in [4.69, 9.17) is 0 Å². The van der Waals surface area contributed by atoms with Gasteiger partial charge in [0.15, 0.2) is 0 Å². The molecular weight excluding hydrogens is 208 g/mol. The van der Waals surface area contributed by atoms with Crippen LogP contribution >= 0.6 is 11.8 Å². The molecule has 1 heterocycles. The zero-order valence-electron chi connectivity index (χ0n) is 9.76. The molecule has 0 bridgehead atoms. The first-order valence-corrected chi connectivity index (χ1v) is 6.29. The highest BCUT2D eigenvalue weighted by molar-refractivity contribution is 7.99. The number of hydrogen-bond donors (Lipinski definition) is 1. The zero-order valence-corrected chi connectivity index (χ0v) is 10.6. The van der Waals surface area contributed by atoms with Crippen molar-refractivity contribution >= 4 is 11.8 Å². The molecule has 0 aliphatic carbocycles. The number of aryl methyl sites for hydroxylation is 1. The molecular formula is C11H18N2OS. The number of aromatic amines is 1. The Bertz CT molecular complexity index is 385. The van der Waals surface area contributed by atoms with Gasteiger partial charge in [0.2, 0.25) is 0 Å². The van der Waals surface area contributed by atoms with Crippen LogP contribution in [0.25, 0.3) is 0 Å². The second kappa shape index (κ2) is 5.35. The van der Waals surface area contributed by atoms with Gasteiger partial charge in [0.25, 0.3) is 5.56 Å². The first-order valence-electron chi connectivity index (χ1n) is 5.24. The van der Waals surface area contributed by atoms with Crippen LogP contribution in [0.1, 0.15) is 37.9 Å². The largest absolute Gasteiger partial charge is 0.310 e. The average Bonchev–Trinajstić information content (AvgIpc) is 2.14. The van der Waals surface area contributed by atoms with Gasteiger partial charge in [0.1, 0.15) is 5.82 Å². The van der Waals surface area contributed by atoms with E-state index in [1.807, 2.05) is 13.8 Å². The molecule has 1 rings (SSSR count). The topological polar surface area (TPSA) is 45.8 Å². The van der Waals surface area contributed by atoms with E-state index in [1.54, 1.807) is 11.8 Å². The van der Waals surface area contributed by atoms with E-state index in [-0.39, 0.29) is 5.56 Å². The van der Waals surface area contributed by atoms with E-state index in [9.17, 15) is 4.79 Å². The maximum atomic E-state index is 11.6. The standard InChI is InChI=1S/C11H18N2OS/c1-5-9-8(4)12-10(13-11(9)14)6-15-7(2)3/h7H,5-6H2,1-4H3,(H,12,13,14). The summed E-state index contributed by atoms with van der Waals surface area (Å²) in [5.41, 5.74) is 1.68. The van der Waals surface area contributed by atoms with Gasteiger partial charge in [-0.05, 0) is 18.6 Å². The molecule has 0 unspecified atom stereocenters. The van der Waals surface area contributed by atoms with E-state index in [0.29, 0.717) is 5.25 Å². The third-order valence-electron chi connectivity index (χ3n) is 2.18. The Morgan fingerprint density at radius 1 is 1.47 bits per heavy atom. The van der Waals surface area contributed by atoms with Gasteiger partial charge in [-0.25, -0.2) is 4.98 Å². The molecule has 0 saturated carbocycles. The molecule has 0 aliphatic rings. The van der Waals surface area contributed by atoms with Crippen LogP contribution in [0, 0.1) is 6.92 Å². The number of thioether (sulfide) groups is 1. The third kappa shape index (κ3) is 3.38. The van der Waals surface area contributed by atoms with E-state index >= 15 is 0 Å². The Kier molecular flexibility index (Phi) is 4.39. The second-order valence-corrected chi connectivity index (χ2v) is 5.35. The summed E-state index contributed by atoms with van der Waals surface area (Å²) in [6.07, 6.45) is 0.742. The van der Waals surface area contributed by atoms with Gasteiger partial charge < -0.3 is 4.98 Å². The van der Waals surface area contributed by atoms with Crippen molar-refractivity contribution in [1.29, 1.82) is 0 Å². The van der Waals surface area contributed by atoms with Crippen LogP contribution in [0.4, 0.5) is 0 Å². The van der Waals surface area contributed by atoms with Gasteiger partial charge in [-0.2, -0.15) is 11.8 Å². The molecule has 0 saturated heterocycles. The maximum Gasteiger partial charge on any atom is 0.254 e. The second-order valence-electron chi connectivity index (χ2n) is 3.79. The first kappa shape index (κ1) is 12.3. The van der Waals surface area contributed by atoms with Crippen molar-refractivity contribution in [1.82, 2.24) is 9.97 Å². The predicted octanol–water partition coefficient (Wildman–Crippen LogP) is 2.28. The van der Waals surface area contributed by atoms with Crippen LogP contribution in [-0.2, 0) is 12.2 Å². The minimum Gasteiger partial charge on any atom is -0.310 e. The average molecular weight is 226 g/mol. The number of rotatable bonds is 4. The zero-order chi connectivity index (χ0) is 11.4. The highest BCUT2D eigenvalue weighted by atomic mass is 32.2. The number of nitrogens with one attached hydrogen (secondary N) is 1. The molecule has 0 atom stereocenters. The lowest BCUT2D eigenvalue weighted by molar-refractivity contribution is 0.905. The normalized spacial score (nSPS) is 11.0. The summed E-state index contributed by atoms with van der Waals surface area (Å²) in [6.45, 7) is 8.14. The summed E-state index contributed by atoms with van der Waals surface area (Å²) < 4.78 is 0. The van der Waals surface area contributed by atoms with Crippen molar-refractivity contribution < 1.29 is 0 Å². The molecule has 1 N–H and O–H groups in total. The molecule has 0 aliphatic heterocycles. The Balaban J connectivity index is 2.89. The monoisotopic (exact) mass is 226 g/mol. The van der Waals surface area contributed by atoms with E-state index in [0.717, 1.165) is 29.3 Å². The molecule has 0 amide bonds. The molecule has 15 heavy (non-hydrogen) atoms. The maximum absolute atomic E-state index is 11.6. The van der Waals surface area contributed by atoms with Crippen molar-refractivity contribution in [3.63, 3.8) is 0 Å². The summed E-state index contributed by atoms with van der Waals surface area (Å²) in [6, 6.07) is 0. The molecule has 0 aromatic carbocycles. The third-order valence-corrected chi connectivity index (χ3v) is 3.29. The van der Waals surface area contributed by atoms with E-state index in [1.165, 1.54) is 0 Å². The Labute approximate surface area is 94.7 Å². The lowest BCUT2D eigenvalue weighted by atomic mass is 10.2. The Hall–Kier alpha value is -0.770. The lowest BCUT2D eigenvalue weighted by Gasteiger charge is -2.06. The SMILES string of the molecule is CCc1c(C)nc(CSC(C)C)[nH]c1=O. The quantitative estimate of drug-likeness (QED) is 0.856. The van der Waals surface area contributed by atoms with Crippen LogP contribution in [0.3, 0.4) is 0 Å². The van der Waals surface area contributed by atoms with Crippen LogP contribution < -0.4 is 5.56 Å². The summed E-state index contributed by atoms with van der Waals surface area (Å²) in [5, 5.41) is 0.557. The van der Waals surface area contributed by atoms with Gasteiger partial charge in [0, 0.05) is 11.3 Å². The summed E-state index contributed by atoms with van der Waals surface area (Å²) in [5.74, 6) is 1.56. The summed E-state index contributed by atoms with van der Waals surface area (Å²) in [4.78, 5) is 18.9. The summed E-state index contributed by atoms with van der Waals surface area (Å²) in [7, 11) is 0.